The van der Waals surface area contributed by atoms with Gasteiger partial charge in [0.15, 0.2) is 0 Å². The number of rotatable bonds is 52. The first kappa shape index (κ1) is 63.6. The summed E-state index contributed by atoms with van der Waals surface area (Å²) in [4.78, 5) is 24.5. The highest BCUT2D eigenvalue weighted by atomic mass is 16.5. The van der Waals surface area contributed by atoms with Crippen LogP contribution in [-0.4, -0.2) is 47.4 Å². The summed E-state index contributed by atoms with van der Waals surface area (Å²) in [6, 6.07) is -0.636. The number of esters is 1. The minimum atomic E-state index is -0.852. The van der Waals surface area contributed by atoms with E-state index in [1.54, 1.807) is 6.08 Å². The number of aliphatic hydroxyl groups excluding tert-OH is 2. The van der Waals surface area contributed by atoms with Crippen LogP contribution in [0.3, 0.4) is 0 Å². The van der Waals surface area contributed by atoms with Gasteiger partial charge in [-0.1, -0.05) is 235 Å². The molecular formula is C60H109NO5. The van der Waals surface area contributed by atoms with Gasteiger partial charge < -0.3 is 20.3 Å². The van der Waals surface area contributed by atoms with Crippen molar-refractivity contribution in [2.45, 2.75) is 296 Å². The first-order valence-electron chi connectivity index (χ1n) is 28.6. The van der Waals surface area contributed by atoms with Gasteiger partial charge in [0.05, 0.1) is 25.4 Å². The predicted molar refractivity (Wildman–Crippen MR) is 287 cm³/mol. The number of hydrogen-bond acceptors (Lipinski definition) is 5. The van der Waals surface area contributed by atoms with Crippen molar-refractivity contribution in [3.8, 4) is 0 Å². The number of unbranched alkanes of at least 4 members (excludes halogenated alkanes) is 34. The van der Waals surface area contributed by atoms with Crippen LogP contribution in [0.5, 0.6) is 0 Å². The zero-order valence-electron chi connectivity index (χ0n) is 43.7. The van der Waals surface area contributed by atoms with E-state index in [9.17, 15) is 19.8 Å². The Kier molecular flexibility index (Phi) is 53.1. The van der Waals surface area contributed by atoms with E-state index >= 15 is 0 Å². The van der Waals surface area contributed by atoms with E-state index in [1.807, 2.05) is 6.08 Å². The molecule has 0 heterocycles. The normalized spacial score (nSPS) is 13.1. The van der Waals surface area contributed by atoms with E-state index < -0.39 is 12.1 Å². The maximum absolute atomic E-state index is 12.4. The Balaban J connectivity index is 3.51. The number of ether oxygens (including phenoxy) is 1. The summed E-state index contributed by atoms with van der Waals surface area (Å²) in [5.74, 6) is -0.102. The SMILES string of the molecule is CCCCC/C=C\C/C=C\CCCCCCCCCC(=O)OCCCCC/C=C\C=C/CCCCCCCCCCCCC(=O)NC(CO)C(O)/C=C/CCCCCCCCCCCCC. The number of carbonyl (C=O) groups excluding carboxylic acids is 2. The van der Waals surface area contributed by atoms with Crippen LogP contribution in [0.15, 0.2) is 60.8 Å². The molecule has 66 heavy (non-hydrogen) atoms. The molecule has 2 atom stereocenters. The quantitative estimate of drug-likeness (QED) is 0.0244. The van der Waals surface area contributed by atoms with Crippen molar-refractivity contribution in [2.75, 3.05) is 13.2 Å². The van der Waals surface area contributed by atoms with Crippen LogP contribution in [0, 0.1) is 0 Å². The van der Waals surface area contributed by atoms with Gasteiger partial charge in [-0.2, -0.15) is 0 Å². The van der Waals surface area contributed by atoms with Crippen molar-refractivity contribution in [3.05, 3.63) is 60.8 Å². The molecule has 1 amide bonds. The summed E-state index contributed by atoms with van der Waals surface area (Å²) in [6.45, 7) is 4.82. The van der Waals surface area contributed by atoms with Gasteiger partial charge in [-0.25, -0.2) is 0 Å². The molecule has 384 valence electrons. The Morgan fingerprint density at radius 1 is 0.439 bits per heavy atom. The lowest BCUT2D eigenvalue weighted by atomic mass is 10.0. The Labute approximate surface area is 409 Å². The zero-order chi connectivity index (χ0) is 47.9. The number of hydrogen-bond donors (Lipinski definition) is 3. The summed E-state index contributed by atoms with van der Waals surface area (Å²) in [5, 5.41) is 23.0. The Morgan fingerprint density at radius 2 is 0.803 bits per heavy atom. The molecule has 0 aromatic heterocycles. The second-order valence-electron chi connectivity index (χ2n) is 19.3. The van der Waals surface area contributed by atoms with E-state index in [-0.39, 0.29) is 18.5 Å². The fraction of sp³-hybridized carbons (Fsp3) is 0.800. The van der Waals surface area contributed by atoms with E-state index in [0.29, 0.717) is 19.4 Å². The van der Waals surface area contributed by atoms with Gasteiger partial charge in [0.2, 0.25) is 5.91 Å². The number of carbonyl (C=O) groups is 2. The Morgan fingerprint density at radius 3 is 1.27 bits per heavy atom. The maximum Gasteiger partial charge on any atom is 0.305 e. The molecule has 0 saturated heterocycles. The summed E-state index contributed by atoms with van der Waals surface area (Å²) in [5.41, 5.74) is 0. The number of nitrogens with one attached hydrogen (secondary N) is 1. The third-order valence-electron chi connectivity index (χ3n) is 12.8. The fourth-order valence-electron chi connectivity index (χ4n) is 8.36. The van der Waals surface area contributed by atoms with Crippen molar-refractivity contribution >= 4 is 11.9 Å². The van der Waals surface area contributed by atoms with Crippen LogP contribution in [0.25, 0.3) is 0 Å². The lowest BCUT2D eigenvalue weighted by molar-refractivity contribution is -0.143. The molecule has 6 heteroatoms. The van der Waals surface area contributed by atoms with Gasteiger partial charge >= 0.3 is 5.97 Å². The smallest absolute Gasteiger partial charge is 0.305 e. The Hall–Kier alpha value is -2.44. The molecule has 0 aromatic carbocycles. The van der Waals surface area contributed by atoms with Crippen LogP contribution < -0.4 is 5.32 Å². The lowest BCUT2D eigenvalue weighted by Crippen LogP contribution is -2.45. The predicted octanol–water partition coefficient (Wildman–Crippen LogP) is 17.6. The molecule has 0 aliphatic heterocycles. The third kappa shape index (κ3) is 51.0. The molecule has 2 unspecified atom stereocenters. The Bertz CT molecular complexity index is 1160. The molecule has 0 aliphatic carbocycles. The molecule has 0 saturated carbocycles. The number of allylic oxidation sites excluding steroid dienone is 9. The topological polar surface area (TPSA) is 95.9 Å². The zero-order valence-corrected chi connectivity index (χ0v) is 43.7. The summed E-state index contributed by atoms with van der Waals surface area (Å²) in [6.07, 6.45) is 70.9. The highest BCUT2D eigenvalue weighted by Gasteiger charge is 2.18. The monoisotopic (exact) mass is 924 g/mol. The van der Waals surface area contributed by atoms with Gasteiger partial charge in [0.25, 0.3) is 0 Å². The van der Waals surface area contributed by atoms with Gasteiger partial charge in [-0.05, 0) is 96.3 Å². The molecule has 0 aromatic rings. The van der Waals surface area contributed by atoms with Crippen molar-refractivity contribution in [2.24, 2.45) is 0 Å². The molecular weight excluding hydrogens is 815 g/mol. The van der Waals surface area contributed by atoms with E-state index in [1.165, 1.54) is 173 Å². The third-order valence-corrected chi connectivity index (χ3v) is 12.8. The molecule has 0 rings (SSSR count). The first-order chi connectivity index (χ1) is 32.5. The fourth-order valence-corrected chi connectivity index (χ4v) is 8.36. The van der Waals surface area contributed by atoms with Gasteiger partial charge in [0.1, 0.15) is 0 Å². The van der Waals surface area contributed by atoms with Crippen molar-refractivity contribution in [3.63, 3.8) is 0 Å². The van der Waals surface area contributed by atoms with E-state index in [2.05, 4.69) is 67.8 Å². The number of amides is 1. The average molecular weight is 925 g/mol. The summed E-state index contributed by atoms with van der Waals surface area (Å²) < 4.78 is 5.45. The first-order valence-corrected chi connectivity index (χ1v) is 28.6. The standard InChI is InChI=1S/C60H109NO5/c1-3-5-7-9-11-13-15-17-18-22-26-30-34-38-42-46-50-54-60(65)66-55-51-47-43-39-35-31-27-24-21-19-20-23-25-29-33-37-41-45-49-53-59(64)61-57(56-62)58(63)52-48-44-40-36-32-28-16-14-12-10-8-6-4-2/h11,13,17-18,24,27,31,35,48,52,57-58,62-63H,3-10,12,14-16,19-23,25-26,28-30,32-34,36-47,49-51,53-56H2,1-2H3,(H,61,64)/b13-11-,18-17-,27-24-,35-31-,52-48+. The van der Waals surface area contributed by atoms with Crippen molar-refractivity contribution < 1.29 is 24.5 Å². The van der Waals surface area contributed by atoms with E-state index in [0.717, 1.165) is 83.5 Å². The summed E-state index contributed by atoms with van der Waals surface area (Å²) in [7, 11) is 0. The average Bonchev–Trinajstić information content (AvgIpc) is 3.32. The highest BCUT2D eigenvalue weighted by Crippen LogP contribution is 2.15. The molecule has 0 bridgehead atoms. The number of aliphatic hydroxyl groups is 2. The van der Waals surface area contributed by atoms with Gasteiger partial charge in [0, 0.05) is 12.8 Å². The lowest BCUT2D eigenvalue weighted by Gasteiger charge is -2.20. The van der Waals surface area contributed by atoms with Crippen LogP contribution in [-0.2, 0) is 14.3 Å². The van der Waals surface area contributed by atoms with Crippen LogP contribution in [0.4, 0.5) is 0 Å². The minimum absolute atomic E-state index is 0.0228. The van der Waals surface area contributed by atoms with Crippen molar-refractivity contribution in [1.29, 1.82) is 0 Å². The molecule has 0 fully saturated rings. The van der Waals surface area contributed by atoms with E-state index in [4.69, 9.17) is 4.74 Å². The molecule has 0 spiro atoms. The maximum atomic E-state index is 12.4. The van der Waals surface area contributed by atoms with Crippen LogP contribution in [0.2, 0.25) is 0 Å². The van der Waals surface area contributed by atoms with Crippen LogP contribution >= 0.6 is 0 Å². The van der Waals surface area contributed by atoms with Crippen molar-refractivity contribution in [1.82, 2.24) is 5.32 Å². The molecule has 0 radical (unpaired) electrons. The van der Waals surface area contributed by atoms with Gasteiger partial charge in [-0.3, -0.25) is 9.59 Å². The van der Waals surface area contributed by atoms with Crippen LogP contribution in [0.1, 0.15) is 284 Å². The second kappa shape index (κ2) is 55.2. The largest absolute Gasteiger partial charge is 0.466 e. The molecule has 6 nitrogen and oxygen atoms in total. The summed E-state index contributed by atoms with van der Waals surface area (Å²) >= 11 is 0. The molecule has 0 aliphatic rings. The minimum Gasteiger partial charge on any atom is -0.466 e. The molecule has 3 N–H and O–H groups in total. The second-order valence-corrected chi connectivity index (χ2v) is 19.3. The highest BCUT2D eigenvalue weighted by molar-refractivity contribution is 5.76. The van der Waals surface area contributed by atoms with Gasteiger partial charge in [-0.15, -0.1) is 0 Å².